The Balaban J connectivity index is 1.56. The SMILES string of the molecule is CN(C(=O)c1cnc(Cl)nc1)C1[C@H]2CN(C(=O)OC(C)(C)C)C[C@@H]12. The molecule has 0 aromatic carbocycles. The maximum absolute atomic E-state index is 12.5. The highest BCUT2D eigenvalue weighted by atomic mass is 35.5. The highest BCUT2D eigenvalue weighted by Gasteiger charge is 2.60. The summed E-state index contributed by atoms with van der Waals surface area (Å²) in [5.41, 5.74) is -0.0826. The maximum Gasteiger partial charge on any atom is 0.410 e. The fourth-order valence-corrected chi connectivity index (χ4v) is 3.40. The van der Waals surface area contributed by atoms with Crippen LogP contribution < -0.4 is 0 Å². The molecule has 130 valence electrons. The van der Waals surface area contributed by atoms with Gasteiger partial charge in [0.2, 0.25) is 5.28 Å². The number of piperidine rings is 1. The number of amides is 2. The molecule has 24 heavy (non-hydrogen) atoms. The van der Waals surface area contributed by atoms with Crippen LogP contribution >= 0.6 is 11.6 Å². The molecule has 1 unspecified atom stereocenters. The van der Waals surface area contributed by atoms with E-state index in [0.717, 1.165) is 0 Å². The third kappa shape index (κ3) is 3.31. The minimum absolute atomic E-state index is 0.116. The zero-order chi connectivity index (χ0) is 17.6. The topological polar surface area (TPSA) is 75.6 Å². The second kappa shape index (κ2) is 5.88. The van der Waals surface area contributed by atoms with Crippen molar-refractivity contribution in [1.82, 2.24) is 19.8 Å². The third-order valence-corrected chi connectivity index (χ3v) is 4.63. The summed E-state index contributed by atoms with van der Waals surface area (Å²) in [6.07, 6.45) is 2.58. The normalized spacial score (nSPS) is 25.2. The molecule has 3 rings (SSSR count). The molecule has 1 aliphatic carbocycles. The Bertz CT molecular complexity index is 646. The molecule has 0 radical (unpaired) electrons. The minimum Gasteiger partial charge on any atom is -0.444 e. The van der Waals surface area contributed by atoms with Gasteiger partial charge < -0.3 is 14.5 Å². The highest BCUT2D eigenvalue weighted by molar-refractivity contribution is 6.28. The van der Waals surface area contributed by atoms with Gasteiger partial charge in [-0.15, -0.1) is 0 Å². The van der Waals surface area contributed by atoms with E-state index in [9.17, 15) is 9.59 Å². The second-order valence-electron chi connectivity index (χ2n) is 7.36. The number of rotatable bonds is 2. The van der Waals surface area contributed by atoms with Crippen molar-refractivity contribution in [3.8, 4) is 0 Å². The fraction of sp³-hybridized carbons (Fsp3) is 0.625. The van der Waals surface area contributed by atoms with Crippen LogP contribution in [0.3, 0.4) is 0 Å². The Morgan fingerprint density at radius 3 is 2.29 bits per heavy atom. The molecule has 2 aliphatic rings. The number of fused-ring (bicyclic) bond motifs is 1. The molecule has 2 amide bonds. The summed E-state index contributed by atoms with van der Waals surface area (Å²) in [7, 11) is 1.78. The summed E-state index contributed by atoms with van der Waals surface area (Å²) >= 11 is 5.64. The number of carbonyl (C=O) groups excluding carboxylic acids is 2. The minimum atomic E-state index is -0.495. The summed E-state index contributed by atoms with van der Waals surface area (Å²) in [5.74, 6) is 0.481. The number of nitrogens with zero attached hydrogens (tertiary/aromatic N) is 4. The standard InChI is InChI=1S/C16H21ClN4O3/c1-16(2,3)24-15(23)21-7-10-11(8-21)12(10)20(4)13(22)9-5-18-14(17)19-6-9/h5-6,10-12H,7-8H2,1-4H3/t10-,11+,12?. The molecule has 1 aromatic rings. The van der Waals surface area contributed by atoms with Gasteiger partial charge in [0.15, 0.2) is 0 Å². The highest BCUT2D eigenvalue weighted by Crippen LogP contribution is 2.49. The van der Waals surface area contributed by atoms with Crippen LogP contribution in [0.15, 0.2) is 12.4 Å². The monoisotopic (exact) mass is 352 g/mol. The van der Waals surface area contributed by atoms with Gasteiger partial charge >= 0.3 is 6.09 Å². The van der Waals surface area contributed by atoms with E-state index >= 15 is 0 Å². The van der Waals surface area contributed by atoms with Crippen LogP contribution in [0.5, 0.6) is 0 Å². The first-order valence-electron chi connectivity index (χ1n) is 7.90. The Morgan fingerprint density at radius 2 is 1.79 bits per heavy atom. The van der Waals surface area contributed by atoms with E-state index in [2.05, 4.69) is 9.97 Å². The van der Waals surface area contributed by atoms with Gasteiger partial charge in [0, 0.05) is 50.4 Å². The first-order chi connectivity index (χ1) is 11.2. The van der Waals surface area contributed by atoms with Crippen LogP contribution in [0.1, 0.15) is 31.1 Å². The van der Waals surface area contributed by atoms with Crippen molar-refractivity contribution in [2.45, 2.75) is 32.4 Å². The van der Waals surface area contributed by atoms with Crippen molar-refractivity contribution in [2.75, 3.05) is 20.1 Å². The van der Waals surface area contributed by atoms with Gasteiger partial charge in [0.05, 0.1) is 5.56 Å². The molecule has 1 aliphatic heterocycles. The number of likely N-dealkylation sites (tertiary alicyclic amines) is 1. The van der Waals surface area contributed by atoms with Crippen molar-refractivity contribution >= 4 is 23.6 Å². The van der Waals surface area contributed by atoms with Gasteiger partial charge in [0.25, 0.3) is 5.91 Å². The fourth-order valence-electron chi connectivity index (χ4n) is 3.31. The molecule has 8 heteroatoms. The Morgan fingerprint density at radius 1 is 1.25 bits per heavy atom. The molecule has 0 N–H and O–H groups in total. The van der Waals surface area contributed by atoms with E-state index in [0.29, 0.717) is 30.5 Å². The number of halogens is 1. The van der Waals surface area contributed by atoms with E-state index in [1.807, 2.05) is 20.8 Å². The molecule has 1 aromatic heterocycles. The van der Waals surface area contributed by atoms with E-state index < -0.39 is 5.60 Å². The van der Waals surface area contributed by atoms with Gasteiger partial charge in [-0.05, 0) is 32.4 Å². The summed E-state index contributed by atoms with van der Waals surface area (Å²) in [6.45, 7) is 6.80. The van der Waals surface area contributed by atoms with Crippen LogP contribution in [-0.2, 0) is 4.74 Å². The summed E-state index contributed by atoms with van der Waals surface area (Å²) in [6, 6.07) is 0.145. The van der Waals surface area contributed by atoms with Gasteiger partial charge in [-0.3, -0.25) is 4.79 Å². The lowest BCUT2D eigenvalue weighted by Crippen LogP contribution is -2.40. The Hall–Kier alpha value is -1.89. The lowest BCUT2D eigenvalue weighted by molar-refractivity contribution is 0.0260. The van der Waals surface area contributed by atoms with Crippen LogP contribution in [-0.4, -0.2) is 63.5 Å². The Labute approximate surface area is 145 Å². The van der Waals surface area contributed by atoms with E-state index in [1.165, 1.54) is 12.4 Å². The number of carbonyl (C=O) groups is 2. The van der Waals surface area contributed by atoms with E-state index in [4.69, 9.17) is 16.3 Å². The largest absolute Gasteiger partial charge is 0.444 e. The smallest absolute Gasteiger partial charge is 0.410 e. The third-order valence-electron chi connectivity index (χ3n) is 4.44. The second-order valence-corrected chi connectivity index (χ2v) is 7.70. The predicted molar refractivity (Wildman–Crippen MR) is 87.7 cm³/mol. The van der Waals surface area contributed by atoms with Crippen molar-refractivity contribution < 1.29 is 14.3 Å². The maximum atomic E-state index is 12.5. The van der Waals surface area contributed by atoms with Gasteiger partial charge in [-0.25, -0.2) is 14.8 Å². The van der Waals surface area contributed by atoms with Crippen LogP contribution in [0.25, 0.3) is 0 Å². The van der Waals surface area contributed by atoms with Crippen molar-refractivity contribution in [3.05, 3.63) is 23.2 Å². The van der Waals surface area contributed by atoms with Crippen LogP contribution in [0.2, 0.25) is 5.28 Å². The molecule has 2 fully saturated rings. The molecule has 0 spiro atoms. The van der Waals surface area contributed by atoms with Crippen LogP contribution in [0.4, 0.5) is 4.79 Å². The molecule has 2 heterocycles. The van der Waals surface area contributed by atoms with Crippen LogP contribution in [0, 0.1) is 11.8 Å². The molecule has 1 saturated carbocycles. The van der Waals surface area contributed by atoms with E-state index in [1.54, 1.807) is 16.8 Å². The lowest BCUT2D eigenvalue weighted by atomic mass is 10.2. The van der Waals surface area contributed by atoms with Gasteiger partial charge in [-0.1, -0.05) is 0 Å². The van der Waals surface area contributed by atoms with Crippen molar-refractivity contribution in [3.63, 3.8) is 0 Å². The molecular formula is C16H21ClN4O3. The first kappa shape index (κ1) is 17.0. The first-order valence-corrected chi connectivity index (χ1v) is 8.28. The lowest BCUT2D eigenvalue weighted by Gasteiger charge is -2.27. The van der Waals surface area contributed by atoms with E-state index in [-0.39, 0.29) is 23.3 Å². The molecule has 3 atom stereocenters. The number of aromatic nitrogens is 2. The average molecular weight is 353 g/mol. The van der Waals surface area contributed by atoms with Gasteiger partial charge in [-0.2, -0.15) is 0 Å². The predicted octanol–water partition coefficient (Wildman–Crippen LogP) is 2.07. The van der Waals surface area contributed by atoms with Crippen molar-refractivity contribution in [2.24, 2.45) is 11.8 Å². The summed E-state index contributed by atoms with van der Waals surface area (Å²) < 4.78 is 5.39. The summed E-state index contributed by atoms with van der Waals surface area (Å²) in [5, 5.41) is 0.116. The molecule has 1 saturated heterocycles. The zero-order valence-electron chi connectivity index (χ0n) is 14.2. The molecular weight excluding hydrogens is 332 g/mol. The molecule has 0 bridgehead atoms. The van der Waals surface area contributed by atoms with Crippen molar-refractivity contribution in [1.29, 1.82) is 0 Å². The number of hydrogen-bond acceptors (Lipinski definition) is 5. The number of hydrogen-bond donors (Lipinski definition) is 0. The van der Waals surface area contributed by atoms with Gasteiger partial charge in [0.1, 0.15) is 5.60 Å². The average Bonchev–Trinajstić information content (AvgIpc) is 2.98. The zero-order valence-corrected chi connectivity index (χ0v) is 14.9. The number of ether oxygens (including phenoxy) is 1. The molecule has 7 nitrogen and oxygen atoms in total. The Kier molecular flexibility index (Phi) is 4.15. The quantitative estimate of drug-likeness (QED) is 0.761. The summed E-state index contributed by atoms with van der Waals surface area (Å²) in [4.78, 5) is 35.7.